The number of hydrogen-bond acceptors (Lipinski definition) is 7. The van der Waals surface area contributed by atoms with E-state index in [0.717, 1.165) is 5.56 Å². The Hall–Kier alpha value is -3.91. The van der Waals surface area contributed by atoms with Crippen LogP contribution in [-0.2, 0) is 11.3 Å². The van der Waals surface area contributed by atoms with Crippen molar-refractivity contribution in [3.63, 3.8) is 0 Å². The number of esters is 1. The molecule has 32 heavy (non-hydrogen) atoms. The molecule has 0 aliphatic heterocycles. The van der Waals surface area contributed by atoms with Crippen molar-refractivity contribution in [1.82, 2.24) is 4.98 Å². The molecule has 0 saturated heterocycles. The first kappa shape index (κ1) is 21.3. The summed E-state index contributed by atoms with van der Waals surface area (Å²) in [6, 6.07) is 16.2. The van der Waals surface area contributed by atoms with E-state index in [4.69, 9.17) is 15.2 Å². The van der Waals surface area contributed by atoms with Crippen molar-refractivity contribution in [2.24, 2.45) is 0 Å². The third kappa shape index (κ3) is 4.55. The fraction of sp³-hybridized carbons (Fsp3) is 0.125. The van der Waals surface area contributed by atoms with E-state index in [1.807, 2.05) is 35.7 Å². The zero-order valence-corrected chi connectivity index (χ0v) is 18.1. The van der Waals surface area contributed by atoms with Crippen molar-refractivity contribution in [3.8, 4) is 5.75 Å². The number of rotatable bonds is 7. The second kappa shape index (κ2) is 9.49. The molecule has 0 atom stereocenters. The van der Waals surface area contributed by atoms with Gasteiger partial charge in [-0.25, -0.2) is 9.78 Å². The van der Waals surface area contributed by atoms with Gasteiger partial charge in [0.05, 0.1) is 16.9 Å². The molecule has 0 aliphatic rings. The van der Waals surface area contributed by atoms with Gasteiger partial charge in [0, 0.05) is 28.4 Å². The third-order valence-corrected chi connectivity index (χ3v) is 5.78. The van der Waals surface area contributed by atoms with Gasteiger partial charge in [0.25, 0.3) is 5.91 Å². The summed E-state index contributed by atoms with van der Waals surface area (Å²) in [6.07, 6.45) is 1.44. The van der Waals surface area contributed by atoms with Gasteiger partial charge in [-0.05, 0) is 42.6 Å². The normalized spacial score (nSPS) is 10.7. The number of aromatic nitrogens is 1. The molecule has 7 nitrogen and oxygen atoms in total. The molecular weight excluding hydrogens is 426 g/mol. The Labute approximate surface area is 188 Å². The zero-order chi connectivity index (χ0) is 22.5. The monoisotopic (exact) mass is 447 g/mol. The predicted molar refractivity (Wildman–Crippen MR) is 125 cm³/mol. The van der Waals surface area contributed by atoms with E-state index in [0.29, 0.717) is 38.5 Å². The summed E-state index contributed by atoms with van der Waals surface area (Å²) in [5.41, 5.74) is 8.47. The standard InChI is InChI=1S/C24H21N3O4S/c1-2-30-24(29)19-12-26-22(25)20-16(14-32-21(19)20)13-31-18-10-6-7-15(11-18)23(28)27-17-8-4-3-5-9-17/h3-12,14H,2,13H2,1H3,(H2,25,26)(H,27,28). The molecule has 2 heterocycles. The molecule has 0 bridgehead atoms. The van der Waals surface area contributed by atoms with E-state index >= 15 is 0 Å². The van der Waals surface area contributed by atoms with Gasteiger partial charge in [-0.15, -0.1) is 11.3 Å². The van der Waals surface area contributed by atoms with Gasteiger partial charge in [-0.3, -0.25) is 4.79 Å². The van der Waals surface area contributed by atoms with Gasteiger partial charge < -0.3 is 20.5 Å². The lowest BCUT2D eigenvalue weighted by atomic mass is 10.1. The Morgan fingerprint density at radius 2 is 1.94 bits per heavy atom. The summed E-state index contributed by atoms with van der Waals surface area (Å²) in [5.74, 6) is 0.202. The van der Waals surface area contributed by atoms with Crippen LogP contribution in [0.3, 0.4) is 0 Å². The number of hydrogen-bond donors (Lipinski definition) is 2. The fourth-order valence-corrected chi connectivity index (χ4v) is 4.27. The van der Waals surface area contributed by atoms with Crippen LogP contribution in [0.1, 0.15) is 33.2 Å². The number of thiophene rings is 1. The second-order valence-electron chi connectivity index (χ2n) is 6.88. The van der Waals surface area contributed by atoms with Gasteiger partial charge >= 0.3 is 5.97 Å². The number of carbonyl (C=O) groups excluding carboxylic acids is 2. The van der Waals surface area contributed by atoms with Crippen LogP contribution in [0.4, 0.5) is 11.5 Å². The van der Waals surface area contributed by atoms with E-state index in [9.17, 15) is 9.59 Å². The maximum atomic E-state index is 12.5. The minimum absolute atomic E-state index is 0.210. The van der Waals surface area contributed by atoms with Crippen molar-refractivity contribution < 1.29 is 19.1 Å². The summed E-state index contributed by atoms with van der Waals surface area (Å²) >= 11 is 1.39. The number of amides is 1. The Bertz CT molecular complexity index is 1270. The minimum Gasteiger partial charge on any atom is -0.489 e. The molecule has 2 aromatic carbocycles. The highest BCUT2D eigenvalue weighted by atomic mass is 32.1. The number of pyridine rings is 1. The minimum atomic E-state index is -0.434. The van der Waals surface area contributed by atoms with Crippen LogP contribution in [0.15, 0.2) is 66.2 Å². The number of para-hydroxylation sites is 1. The summed E-state index contributed by atoms with van der Waals surface area (Å²) < 4.78 is 11.8. The molecule has 0 aliphatic carbocycles. The van der Waals surface area contributed by atoms with Crippen LogP contribution in [0.25, 0.3) is 10.1 Å². The quantitative estimate of drug-likeness (QED) is 0.391. The van der Waals surface area contributed by atoms with E-state index < -0.39 is 5.97 Å². The highest BCUT2D eigenvalue weighted by Gasteiger charge is 2.18. The van der Waals surface area contributed by atoms with Crippen LogP contribution in [0, 0.1) is 0 Å². The lowest BCUT2D eigenvalue weighted by Crippen LogP contribution is -2.11. The molecule has 0 saturated carbocycles. The third-order valence-electron chi connectivity index (χ3n) is 4.72. The maximum Gasteiger partial charge on any atom is 0.341 e. The number of anilines is 2. The molecule has 2 aromatic heterocycles. The topological polar surface area (TPSA) is 104 Å². The Morgan fingerprint density at radius 3 is 2.72 bits per heavy atom. The van der Waals surface area contributed by atoms with Crippen LogP contribution >= 0.6 is 11.3 Å². The zero-order valence-electron chi connectivity index (χ0n) is 17.3. The number of ether oxygens (including phenoxy) is 2. The Morgan fingerprint density at radius 1 is 1.12 bits per heavy atom. The van der Waals surface area contributed by atoms with Gasteiger partial charge in [-0.2, -0.15) is 0 Å². The van der Waals surface area contributed by atoms with E-state index in [-0.39, 0.29) is 19.1 Å². The van der Waals surface area contributed by atoms with Crippen molar-refractivity contribution in [2.45, 2.75) is 13.5 Å². The number of nitrogens with two attached hydrogens (primary N) is 1. The van der Waals surface area contributed by atoms with Gasteiger partial charge in [0.15, 0.2) is 0 Å². The smallest absolute Gasteiger partial charge is 0.341 e. The van der Waals surface area contributed by atoms with Crippen LogP contribution < -0.4 is 15.8 Å². The Kier molecular flexibility index (Phi) is 6.32. The molecule has 4 rings (SSSR count). The summed E-state index contributed by atoms with van der Waals surface area (Å²) in [5, 5.41) is 5.42. The van der Waals surface area contributed by atoms with Crippen LogP contribution in [0.2, 0.25) is 0 Å². The molecule has 3 N–H and O–H groups in total. The number of carbonyl (C=O) groups is 2. The van der Waals surface area contributed by atoms with Crippen molar-refractivity contribution in [3.05, 3.63) is 82.9 Å². The first-order valence-corrected chi connectivity index (χ1v) is 10.9. The first-order chi connectivity index (χ1) is 15.6. The fourth-order valence-electron chi connectivity index (χ4n) is 3.20. The molecule has 0 radical (unpaired) electrons. The van der Waals surface area contributed by atoms with Crippen molar-refractivity contribution in [2.75, 3.05) is 17.7 Å². The van der Waals surface area contributed by atoms with Crippen molar-refractivity contribution >= 4 is 44.8 Å². The molecule has 0 spiro atoms. The summed E-state index contributed by atoms with van der Waals surface area (Å²) in [7, 11) is 0. The second-order valence-corrected chi connectivity index (χ2v) is 7.76. The van der Waals surface area contributed by atoms with Crippen LogP contribution in [-0.4, -0.2) is 23.5 Å². The number of fused-ring (bicyclic) bond motifs is 1. The maximum absolute atomic E-state index is 12.5. The largest absolute Gasteiger partial charge is 0.489 e. The van der Waals surface area contributed by atoms with Gasteiger partial charge in [0.1, 0.15) is 18.2 Å². The molecule has 4 aromatic rings. The molecular formula is C24H21N3O4S. The first-order valence-electron chi connectivity index (χ1n) is 9.97. The van der Waals surface area contributed by atoms with Crippen LogP contribution in [0.5, 0.6) is 5.75 Å². The average molecular weight is 448 g/mol. The van der Waals surface area contributed by atoms with Gasteiger partial charge in [-0.1, -0.05) is 24.3 Å². The SMILES string of the molecule is CCOC(=O)c1cnc(N)c2c(COc3cccc(C(=O)Nc4ccccc4)c3)csc12. The molecule has 8 heteroatoms. The lowest BCUT2D eigenvalue weighted by molar-refractivity contribution is 0.0528. The van der Waals surface area contributed by atoms with E-state index in [1.54, 1.807) is 31.2 Å². The predicted octanol–water partition coefficient (Wildman–Crippen LogP) is 4.89. The highest BCUT2D eigenvalue weighted by molar-refractivity contribution is 7.17. The molecule has 0 unspecified atom stereocenters. The molecule has 0 fully saturated rings. The number of nitrogen functional groups attached to an aromatic ring is 1. The van der Waals surface area contributed by atoms with E-state index in [2.05, 4.69) is 10.3 Å². The highest BCUT2D eigenvalue weighted by Crippen LogP contribution is 2.33. The summed E-state index contributed by atoms with van der Waals surface area (Å²) in [6.45, 7) is 2.24. The van der Waals surface area contributed by atoms with Gasteiger partial charge in [0.2, 0.25) is 0 Å². The number of nitrogens with zero attached hydrogens (tertiary/aromatic N) is 1. The Balaban J connectivity index is 1.52. The lowest BCUT2D eigenvalue weighted by Gasteiger charge is -2.09. The number of benzene rings is 2. The molecule has 162 valence electrons. The molecule has 1 amide bonds. The number of nitrogens with one attached hydrogen (secondary N) is 1. The summed E-state index contributed by atoms with van der Waals surface area (Å²) in [4.78, 5) is 28.9. The van der Waals surface area contributed by atoms with Crippen molar-refractivity contribution in [1.29, 1.82) is 0 Å². The van der Waals surface area contributed by atoms with E-state index in [1.165, 1.54) is 17.5 Å². The average Bonchev–Trinajstić information content (AvgIpc) is 3.24.